The molecule has 2 heterocycles. The molecule has 5 heteroatoms. The van der Waals surface area contributed by atoms with Crippen LogP contribution in [0.5, 0.6) is 0 Å². The highest BCUT2D eigenvalue weighted by Crippen LogP contribution is 2.37. The topological polar surface area (TPSA) is 61.8 Å². The van der Waals surface area contributed by atoms with Crippen LogP contribution in [0.1, 0.15) is 28.3 Å². The van der Waals surface area contributed by atoms with Crippen molar-refractivity contribution in [1.29, 1.82) is 0 Å². The third-order valence-corrected chi connectivity index (χ3v) is 3.61. The van der Waals surface area contributed by atoms with Crippen LogP contribution in [0.2, 0.25) is 0 Å². The van der Waals surface area contributed by atoms with Crippen molar-refractivity contribution >= 4 is 11.8 Å². The number of hydrogen-bond donors (Lipinski definition) is 0. The first-order valence-electron chi connectivity index (χ1n) is 6.17. The van der Waals surface area contributed by atoms with Gasteiger partial charge in [-0.05, 0) is 11.6 Å². The van der Waals surface area contributed by atoms with Gasteiger partial charge in [-0.2, -0.15) is 0 Å². The van der Waals surface area contributed by atoms with E-state index in [9.17, 15) is 9.59 Å². The Morgan fingerprint density at radius 3 is 2.95 bits per heavy atom. The summed E-state index contributed by atoms with van der Waals surface area (Å²) in [7, 11) is 1.34. The van der Waals surface area contributed by atoms with Crippen LogP contribution in [-0.2, 0) is 19.0 Å². The Morgan fingerprint density at radius 2 is 2.16 bits per heavy atom. The van der Waals surface area contributed by atoms with E-state index in [0.29, 0.717) is 18.6 Å². The minimum Gasteiger partial charge on any atom is -0.465 e. The number of ketones is 1. The second-order valence-corrected chi connectivity index (χ2v) is 4.70. The molecule has 0 amide bonds. The van der Waals surface area contributed by atoms with Crippen molar-refractivity contribution in [1.82, 2.24) is 0 Å². The van der Waals surface area contributed by atoms with Crippen molar-refractivity contribution in [2.75, 3.05) is 13.7 Å². The zero-order chi connectivity index (χ0) is 13.4. The molecule has 0 spiro atoms. The first-order valence-corrected chi connectivity index (χ1v) is 6.17. The molecule has 0 aliphatic carbocycles. The summed E-state index contributed by atoms with van der Waals surface area (Å²) in [5, 5.41) is 0. The van der Waals surface area contributed by atoms with Gasteiger partial charge in [-0.3, -0.25) is 4.79 Å². The summed E-state index contributed by atoms with van der Waals surface area (Å²) in [4.78, 5) is 23.6. The Bertz CT molecular complexity index is 524. The van der Waals surface area contributed by atoms with Crippen molar-refractivity contribution in [3.8, 4) is 0 Å². The van der Waals surface area contributed by atoms with Crippen LogP contribution in [0.4, 0.5) is 0 Å². The lowest BCUT2D eigenvalue weighted by molar-refractivity contribution is -0.154. The molecule has 2 saturated heterocycles. The highest BCUT2D eigenvalue weighted by molar-refractivity contribution is 5.92. The quantitative estimate of drug-likeness (QED) is 0.751. The van der Waals surface area contributed by atoms with E-state index >= 15 is 0 Å². The fraction of sp³-hybridized carbons (Fsp3) is 0.429. The van der Waals surface area contributed by atoms with Crippen LogP contribution in [-0.4, -0.2) is 37.9 Å². The molecule has 1 aromatic carbocycles. The van der Waals surface area contributed by atoms with E-state index in [0.717, 1.165) is 5.56 Å². The van der Waals surface area contributed by atoms with Gasteiger partial charge in [-0.15, -0.1) is 0 Å². The second kappa shape index (κ2) is 4.75. The number of esters is 1. The predicted octanol–water partition coefficient (Wildman–Crippen LogP) is 1.27. The Morgan fingerprint density at radius 1 is 1.37 bits per heavy atom. The fourth-order valence-electron chi connectivity index (χ4n) is 2.67. The van der Waals surface area contributed by atoms with Crippen molar-refractivity contribution in [3.63, 3.8) is 0 Å². The van der Waals surface area contributed by atoms with E-state index in [1.807, 2.05) is 12.1 Å². The molecule has 3 rings (SSSR count). The number of ether oxygens (including phenoxy) is 3. The summed E-state index contributed by atoms with van der Waals surface area (Å²) in [6.45, 7) is 0.385. The minimum absolute atomic E-state index is 0.0709. The summed E-state index contributed by atoms with van der Waals surface area (Å²) in [5.74, 6) is -0.621. The summed E-state index contributed by atoms with van der Waals surface area (Å²) in [5.41, 5.74) is 1.27. The lowest BCUT2D eigenvalue weighted by atomic mass is 9.85. The molecule has 2 aliphatic heterocycles. The predicted molar refractivity (Wildman–Crippen MR) is 64.8 cm³/mol. The van der Waals surface area contributed by atoms with Gasteiger partial charge in [-0.25, -0.2) is 4.79 Å². The van der Waals surface area contributed by atoms with Gasteiger partial charge >= 0.3 is 5.97 Å². The van der Waals surface area contributed by atoms with Gasteiger partial charge in [0.25, 0.3) is 0 Å². The van der Waals surface area contributed by atoms with Crippen LogP contribution < -0.4 is 0 Å². The Kier molecular flexibility index (Phi) is 3.08. The lowest BCUT2D eigenvalue weighted by Crippen LogP contribution is -2.34. The molecule has 2 bridgehead atoms. The first kappa shape index (κ1) is 12.3. The number of fused-ring (bicyclic) bond motifs is 2. The maximum atomic E-state index is 11.8. The molecule has 0 aromatic heterocycles. The molecule has 2 fully saturated rings. The SMILES string of the molecule is COC(=O)c1ccccc1[C@H]1CC(=O)[C@@H]2OC[C@H]1O2. The summed E-state index contributed by atoms with van der Waals surface area (Å²) in [6.07, 6.45) is -0.552. The van der Waals surface area contributed by atoms with Gasteiger partial charge in [0.2, 0.25) is 6.29 Å². The van der Waals surface area contributed by atoms with Crippen molar-refractivity contribution in [2.24, 2.45) is 0 Å². The smallest absolute Gasteiger partial charge is 0.338 e. The molecule has 0 radical (unpaired) electrons. The van der Waals surface area contributed by atoms with Crippen molar-refractivity contribution in [3.05, 3.63) is 35.4 Å². The fourth-order valence-corrected chi connectivity index (χ4v) is 2.67. The molecule has 0 saturated carbocycles. The molecule has 100 valence electrons. The molecule has 5 nitrogen and oxygen atoms in total. The molecule has 0 N–H and O–H groups in total. The molecular formula is C14H14O5. The maximum Gasteiger partial charge on any atom is 0.338 e. The summed E-state index contributed by atoms with van der Waals surface area (Å²) < 4.78 is 15.6. The van der Waals surface area contributed by atoms with Gasteiger partial charge in [-0.1, -0.05) is 18.2 Å². The summed E-state index contributed by atoms with van der Waals surface area (Å²) >= 11 is 0. The molecule has 2 aliphatic rings. The molecule has 1 aromatic rings. The second-order valence-electron chi connectivity index (χ2n) is 4.70. The van der Waals surface area contributed by atoms with Crippen LogP contribution >= 0.6 is 0 Å². The van der Waals surface area contributed by atoms with E-state index in [1.165, 1.54) is 7.11 Å². The normalized spacial score (nSPS) is 29.3. The zero-order valence-electron chi connectivity index (χ0n) is 10.5. The Labute approximate surface area is 110 Å². The lowest BCUT2D eigenvalue weighted by Gasteiger charge is -2.27. The third-order valence-electron chi connectivity index (χ3n) is 3.61. The molecular weight excluding hydrogens is 248 g/mol. The van der Waals surface area contributed by atoms with Crippen LogP contribution in [0, 0.1) is 0 Å². The van der Waals surface area contributed by atoms with E-state index in [4.69, 9.17) is 14.2 Å². The number of methoxy groups -OCH3 is 1. The van der Waals surface area contributed by atoms with Crippen molar-refractivity contribution in [2.45, 2.75) is 24.7 Å². The largest absolute Gasteiger partial charge is 0.465 e. The number of carbonyl (C=O) groups excluding carboxylic acids is 2. The number of hydrogen-bond acceptors (Lipinski definition) is 5. The van der Waals surface area contributed by atoms with E-state index in [-0.39, 0.29) is 17.8 Å². The van der Waals surface area contributed by atoms with Gasteiger partial charge in [0.05, 0.1) is 25.4 Å². The van der Waals surface area contributed by atoms with E-state index < -0.39 is 12.3 Å². The van der Waals surface area contributed by atoms with Gasteiger partial charge in [0, 0.05) is 12.3 Å². The average Bonchev–Trinajstić information content (AvgIpc) is 2.88. The monoisotopic (exact) mass is 262 g/mol. The highest BCUT2D eigenvalue weighted by Gasteiger charge is 2.44. The number of Topliss-reactive ketones (excluding diaryl/α,β-unsaturated/α-hetero) is 1. The zero-order valence-corrected chi connectivity index (χ0v) is 10.5. The highest BCUT2D eigenvalue weighted by atomic mass is 16.7. The summed E-state index contributed by atoms with van der Waals surface area (Å²) in [6, 6.07) is 7.16. The number of benzene rings is 1. The van der Waals surface area contributed by atoms with Gasteiger partial charge in [0.1, 0.15) is 0 Å². The van der Waals surface area contributed by atoms with Gasteiger partial charge in [0.15, 0.2) is 5.78 Å². The van der Waals surface area contributed by atoms with Crippen LogP contribution in [0.25, 0.3) is 0 Å². The maximum absolute atomic E-state index is 11.8. The van der Waals surface area contributed by atoms with Gasteiger partial charge < -0.3 is 14.2 Å². The standard InChI is InChI=1S/C14H14O5/c1-17-13(16)9-5-3-2-4-8(9)10-6-11(15)14-18-7-12(10)19-14/h2-5,10,12,14H,6-7H2,1H3/t10-,12-,14-/m1/s1. The molecule has 19 heavy (non-hydrogen) atoms. The van der Waals surface area contributed by atoms with E-state index in [2.05, 4.69) is 0 Å². The third kappa shape index (κ3) is 2.05. The Balaban J connectivity index is 1.98. The van der Waals surface area contributed by atoms with Crippen molar-refractivity contribution < 1.29 is 23.8 Å². The Hall–Kier alpha value is -1.72. The number of rotatable bonds is 2. The van der Waals surface area contributed by atoms with Crippen LogP contribution in [0.3, 0.4) is 0 Å². The van der Waals surface area contributed by atoms with E-state index in [1.54, 1.807) is 12.1 Å². The number of carbonyl (C=O) groups is 2. The average molecular weight is 262 g/mol. The molecule has 0 unspecified atom stereocenters. The molecule has 3 atom stereocenters. The first-order chi connectivity index (χ1) is 9.20. The van der Waals surface area contributed by atoms with Crippen LogP contribution in [0.15, 0.2) is 24.3 Å². The minimum atomic E-state index is -0.716.